The van der Waals surface area contributed by atoms with Crippen LogP contribution in [0.2, 0.25) is 0 Å². The Morgan fingerprint density at radius 1 is 1.21 bits per heavy atom. The summed E-state index contributed by atoms with van der Waals surface area (Å²) in [5.41, 5.74) is 2.22. The fraction of sp³-hybridized carbons (Fsp3) is 0.526. The molecule has 28 heavy (non-hydrogen) atoms. The summed E-state index contributed by atoms with van der Waals surface area (Å²) in [7, 11) is 1.74. The van der Waals surface area contributed by atoms with E-state index in [-0.39, 0.29) is 24.0 Å². The van der Waals surface area contributed by atoms with Gasteiger partial charge in [0.2, 0.25) is 5.89 Å². The van der Waals surface area contributed by atoms with Gasteiger partial charge in [0.15, 0.2) is 11.8 Å². The second kappa shape index (κ2) is 13.3. The van der Waals surface area contributed by atoms with Crippen molar-refractivity contribution in [2.75, 3.05) is 33.4 Å². The van der Waals surface area contributed by atoms with Gasteiger partial charge < -0.3 is 24.6 Å². The molecule has 0 amide bonds. The van der Waals surface area contributed by atoms with Gasteiger partial charge in [0.05, 0.1) is 6.61 Å². The largest absolute Gasteiger partial charge is 0.491 e. The molecule has 1 aromatic heterocycles. The van der Waals surface area contributed by atoms with Gasteiger partial charge in [0.1, 0.15) is 12.4 Å². The normalized spacial score (nSPS) is 11.1. The maximum Gasteiger partial charge on any atom is 0.228 e. The quantitative estimate of drug-likeness (QED) is 0.223. The minimum Gasteiger partial charge on any atom is -0.491 e. The molecule has 0 bridgehead atoms. The summed E-state index contributed by atoms with van der Waals surface area (Å²) in [6.07, 6.45) is 0.637. The molecule has 0 atom stereocenters. The van der Waals surface area contributed by atoms with E-state index >= 15 is 0 Å². The molecule has 0 aliphatic rings. The molecule has 156 valence electrons. The number of aryl methyl sites for hydroxylation is 2. The third-order valence-electron chi connectivity index (χ3n) is 3.78. The molecular formula is C19H30IN5O3. The molecule has 0 aliphatic carbocycles. The van der Waals surface area contributed by atoms with E-state index in [4.69, 9.17) is 14.0 Å². The van der Waals surface area contributed by atoms with Gasteiger partial charge in [-0.1, -0.05) is 17.3 Å². The number of nitrogens with zero attached hydrogens (tertiary/aromatic N) is 3. The lowest BCUT2D eigenvalue weighted by Crippen LogP contribution is -2.38. The van der Waals surface area contributed by atoms with E-state index in [1.807, 2.05) is 19.9 Å². The maximum absolute atomic E-state index is 5.87. The first kappa shape index (κ1) is 24.2. The van der Waals surface area contributed by atoms with Crippen LogP contribution in [0, 0.1) is 13.8 Å². The average molecular weight is 503 g/mol. The highest BCUT2D eigenvalue weighted by atomic mass is 127. The predicted molar refractivity (Wildman–Crippen MR) is 120 cm³/mol. The van der Waals surface area contributed by atoms with E-state index in [9.17, 15) is 0 Å². The first-order chi connectivity index (χ1) is 13.1. The highest BCUT2D eigenvalue weighted by molar-refractivity contribution is 14.0. The number of guanidine groups is 1. The second-order valence-corrected chi connectivity index (χ2v) is 5.99. The second-order valence-electron chi connectivity index (χ2n) is 5.99. The van der Waals surface area contributed by atoms with Crippen LogP contribution < -0.4 is 15.4 Å². The topological polar surface area (TPSA) is 93.8 Å². The Hall–Kier alpha value is -1.88. The predicted octanol–water partition coefficient (Wildman–Crippen LogP) is 2.63. The van der Waals surface area contributed by atoms with Gasteiger partial charge in [-0.15, -0.1) is 24.0 Å². The van der Waals surface area contributed by atoms with Crippen LogP contribution in [0.4, 0.5) is 0 Å². The SMILES string of the molecule is CCOCCOc1cc(C)ccc1CNC(=NC)NCCc1nc(C)no1.I. The molecule has 0 spiro atoms. The van der Waals surface area contributed by atoms with Crippen LogP contribution in [0.1, 0.15) is 29.8 Å². The highest BCUT2D eigenvalue weighted by Crippen LogP contribution is 2.20. The highest BCUT2D eigenvalue weighted by Gasteiger charge is 2.07. The van der Waals surface area contributed by atoms with Crippen molar-refractivity contribution in [3.8, 4) is 5.75 Å². The van der Waals surface area contributed by atoms with Gasteiger partial charge >= 0.3 is 0 Å². The van der Waals surface area contributed by atoms with E-state index in [2.05, 4.69) is 37.9 Å². The fourth-order valence-electron chi connectivity index (χ4n) is 2.43. The summed E-state index contributed by atoms with van der Waals surface area (Å²) in [6.45, 7) is 8.87. The summed E-state index contributed by atoms with van der Waals surface area (Å²) in [4.78, 5) is 8.42. The molecule has 0 unspecified atom stereocenters. The molecule has 0 saturated carbocycles. The molecule has 1 aromatic carbocycles. The Balaban J connectivity index is 0.00000392. The minimum absolute atomic E-state index is 0. The summed E-state index contributed by atoms with van der Waals surface area (Å²) in [5, 5.41) is 10.3. The van der Waals surface area contributed by atoms with Gasteiger partial charge in [-0.2, -0.15) is 4.98 Å². The number of aromatic nitrogens is 2. The number of aliphatic imine (C=N–C) groups is 1. The van der Waals surface area contributed by atoms with Crippen molar-refractivity contribution in [3.05, 3.63) is 41.0 Å². The molecule has 0 fully saturated rings. The van der Waals surface area contributed by atoms with Gasteiger partial charge in [0, 0.05) is 38.7 Å². The molecule has 8 nitrogen and oxygen atoms in total. The summed E-state index contributed by atoms with van der Waals surface area (Å²) < 4.78 is 16.3. The van der Waals surface area contributed by atoms with Crippen LogP contribution in [0.15, 0.2) is 27.7 Å². The Labute approximate surface area is 183 Å². The van der Waals surface area contributed by atoms with Gasteiger partial charge in [-0.05, 0) is 32.4 Å². The van der Waals surface area contributed by atoms with Crippen molar-refractivity contribution >= 4 is 29.9 Å². The van der Waals surface area contributed by atoms with E-state index in [1.165, 1.54) is 0 Å². The number of benzene rings is 1. The van der Waals surface area contributed by atoms with E-state index in [0.717, 1.165) is 16.9 Å². The third-order valence-corrected chi connectivity index (χ3v) is 3.78. The monoisotopic (exact) mass is 503 g/mol. The molecule has 1 heterocycles. The molecule has 2 N–H and O–H groups in total. The van der Waals surface area contributed by atoms with Gasteiger partial charge in [0.25, 0.3) is 0 Å². The number of nitrogens with one attached hydrogen (secondary N) is 2. The number of ether oxygens (including phenoxy) is 2. The van der Waals surface area contributed by atoms with Crippen LogP contribution in [0.25, 0.3) is 0 Å². The third kappa shape index (κ3) is 8.42. The van der Waals surface area contributed by atoms with Crippen LogP contribution in [0.5, 0.6) is 5.75 Å². The molecule has 0 saturated heterocycles. The van der Waals surface area contributed by atoms with E-state index in [0.29, 0.717) is 57.0 Å². The van der Waals surface area contributed by atoms with Gasteiger partial charge in [-0.25, -0.2) is 0 Å². The number of hydrogen-bond acceptors (Lipinski definition) is 6. The Kier molecular flexibility index (Phi) is 11.5. The fourth-order valence-corrected chi connectivity index (χ4v) is 2.43. The molecule has 2 aromatic rings. The summed E-state index contributed by atoms with van der Waals surface area (Å²) in [5.74, 6) is 2.81. The zero-order valence-electron chi connectivity index (χ0n) is 16.9. The molecule has 9 heteroatoms. The first-order valence-corrected chi connectivity index (χ1v) is 9.16. The Bertz CT molecular complexity index is 736. The van der Waals surface area contributed by atoms with Crippen molar-refractivity contribution < 1.29 is 14.0 Å². The van der Waals surface area contributed by atoms with Crippen molar-refractivity contribution in [1.82, 2.24) is 20.8 Å². The molecule has 2 rings (SSSR count). The standard InChI is InChI=1S/C19H29N5O3.HI/c1-5-25-10-11-26-17-12-14(2)6-7-16(17)13-22-19(20-4)21-9-8-18-23-15(3)24-27-18;/h6-7,12H,5,8-11,13H2,1-4H3,(H2,20,21,22);1H. The number of rotatable bonds is 10. The zero-order valence-corrected chi connectivity index (χ0v) is 19.3. The Morgan fingerprint density at radius 3 is 2.71 bits per heavy atom. The Morgan fingerprint density at radius 2 is 2.04 bits per heavy atom. The minimum atomic E-state index is 0. The van der Waals surface area contributed by atoms with E-state index < -0.39 is 0 Å². The lowest BCUT2D eigenvalue weighted by Gasteiger charge is -2.15. The summed E-state index contributed by atoms with van der Waals surface area (Å²) in [6, 6.07) is 6.17. The number of halogens is 1. The average Bonchev–Trinajstić information content (AvgIpc) is 3.08. The number of hydrogen-bond donors (Lipinski definition) is 2. The smallest absolute Gasteiger partial charge is 0.228 e. The van der Waals surface area contributed by atoms with Crippen LogP contribution in [-0.4, -0.2) is 49.5 Å². The van der Waals surface area contributed by atoms with Gasteiger partial charge in [-0.3, -0.25) is 4.99 Å². The van der Waals surface area contributed by atoms with Crippen LogP contribution in [-0.2, 0) is 17.7 Å². The van der Waals surface area contributed by atoms with Crippen molar-refractivity contribution in [2.24, 2.45) is 4.99 Å². The summed E-state index contributed by atoms with van der Waals surface area (Å²) >= 11 is 0. The first-order valence-electron chi connectivity index (χ1n) is 9.16. The van der Waals surface area contributed by atoms with Crippen molar-refractivity contribution in [1.29, 1.82) is 0 Å². The maximum atomic E-state index is 5.87. The zero-order chi connectivity index (χ0) is 19.5. The van der Waals surface area contributed by atoms with E-state index in [1.54, 1.807) is 14.0 Å². The molecule has 0 aliphatic heterocycles. The van der Waals surface area contributed by atoms with Crippen LogP contribution in [0.3, 0.4) is 0 Å². The lowest BCUT2D eigenvalue weighted by molar-refractivity contribution is 0.110. The van der Waals surface area contributed by atoms with Crippen LogP contribution >= 0.6 is 24.0 Å². The van der Waals surface area contributed by atoms with Crippen molar-refractivity contribution in [3.63, 3.8) is 0 Å². The molecular weight excluding hydrogens is 473 g/mol. The molecule has 0 radical (unpaired) electrons. The van der Waals surface area contributed by atoms with Crippen molar-refractivity contribution in [2.45, 2.75) is 33.7 Å². The lowest BCUT2D eigenvalue weighted by atomic mass is 10.1.